The van der Waals surface area contributed by atoms with Gasteiger partial charge in [0.1, 0.15) is 0 Å². The van der Waals surface area contributed by atoms with Crippen LogP contribution in [0.15, 0.2) is 48.5 Å². The van der Waals surface area contributed by atoms with E-state index in [0.29, 0.717) is 12.5 Å². The first-order chi connectivity index (χ1) is 18.5. The van der Waals surface area contributed by atoms with Crippen LogP contribution in [-0.2, 0) is 9.53 Å². The molecule has 2 heteroatoms. The van der Waals surface area contributed by atoms with E-state index in [1.54, 1.807) is 0 Å². The van der Waals surface area contributed by atoms with Gasteiger partial charge in [0, 0.05) is 0 Å². The monoisotopic (exact) mass is 516 g/mol. The molecule has 0 spiro atoms. The zero-order chi connectivity index (χ0) is 26.8. The number of unbranched alkanes of at least 4 members (excludes halogenated alkanes) is 4. The van der Waals surface area contributed by atoms with Gasteiger partial charge < -0.3 is 4.74 Å². The maximum atomic E-state index is 12.7. The normalized spacial score (nSPS) is 25.7. The van der Waals surface area contributed by atoms with E-state index in [4.69, 9.17) is 4.74 Å². The first kappa shape index (κ1) is 28.9. The predicted octanol–water partition coefficient (Wildman–Crippen LogP) is 10.6. The Kier molecular flexibility index (Phi) is 10.9. The van der Waals surface area contributed by atoms with E-state index in [1.807, 2.05) is 0 Å². The lowest BCUT2D eigenvalue weighted by Gasteiger charge is -2.35. The standard InChI is InChI=1S/C36H52O2/c1-4-6-8-10-28-11-13-29(14-12-28)30-15-17-31(18-16-30)32-19-21-33(22-20-32)34-23-25-36(3,26-24-34)35(37)38-27-9-7-5-2/h15-22,28-29,34H,4-14,23-27H2,1-3H3/t28-,29-,34?,36?. The second-order valence-corrected chi connectivity index (χ2v) is 12.6. The zero-order valence-corrected chi connectivity index (χ0v) is 24.5. The van der Waals surface area contributed by atoms with Crippen molar-refractivity contribution in [1.82, 2.24) is 0 Å². The van der Waals surface area contributed by atoms with Crippen molar-refractivity contribution >= 4 is 5.97 Å². The van der Waals surface area contributed by atoms with Crippen LogP contribution in [-0.4, -0.2) is 12.6 Å². The summed E-state index contributed by atoms with van der Waals surface area (Å²) in [6.07, 6.45) is 18.4. The molecule has 2 aromatic carbocycles. The zero-order valence-electron chi connectivity index (χ0n) is 24.5. The summed E-state index contributed by atoms with van der Waals surface area (Å²) in [4.78, 5) is 12.7. The fourth-order valence-electron chi connectivity index (χ4n) is 6.85. The molecule has 0 heterocycles. The molecule has 0 atom stereocenters. The number of esters is 1. The number of hydrogen-bond acceptors (Lipinski definition) is 2. The van der Waals surface area contributed by atoms with Gasteiger partial charge in [-0.25, -0.2) is 0 Å². The highest BCUT2D eigenvalue weighted by Crippen LogP contribution is 2.44. The Labute approximate surface area is 233 Å². The third kappa shape index (κ3) is 7.73. The molecule has 0 saturated heterocycles. The van der Waals surface area contributed by atoms with Crippen molar-refractivity contribution in [3.8, 4) is 11.1 Å². The van der Waals surface area contributed by atoms with E-state index < -0.39 is 0 Å². The van der Waals surface area contributed by atoms with Crippen LogP contribution in [0.1, 0.15) is 140 Å². The van der Waals surface area contributed by atoms with Crippen molar-refractivity contribution in [3.63, 3.8) is 0 Å². The van der Waals surface area contributed by atoms with Crippen LogP contribution < -0.4 is 0 Å². The van der Waals surface area contributed by atoms with Crippen LogP contribution in [0, 0.1) is 11.3 Å². The molecule has 4 rings (SSSR count). The molecule has 2 aromatic rings. The number of benzene rings is 2. The lowest BCUT2D eigenvalue weighted by Crippen LogP contribution is -2.34. The molecule has 0 aromatic heterocycles. The second-order valence-electron chi connectivity index (χ2n) is 12.6. The SMILES string of the molecule is CCCCCOC(=O)C1(C)CCC(c2ccc(-c3ccc([C@H]4CC[C@H](CCCCC)CC4)cc3)cc2)CC1. The third-order valence-electron chi connectivity index (χ3n) is 9.72. The minimum atomic E-state index is -0.307. The predicted molar refractivity (Wildman–Crippen MR) is 161 cm³/mol. The molecule has 0 amide bonds. The van der Waals surface area contributed by atoms with E-state index >= 15 is 0 Å². The Morgan fingerprint density at radius 2 is 1.21 bits per heavy atom. The van der Waals surface area contributed by atoms with Crippen LogP contribution in [0.2, 0.25) is 0 Å². The molecular formula is C36H52O2. The smallest absolute Gasteiger partial charge is 0.311 e. The number of rotatable bonds is 12. The van der Waals surface area contributed by atoms with Gasteiger partial charge in [-0.1, -0.05) is 101 Å². The Morgan fingerprint density at radius 3 is 1.74 bits per heavy atom. The lowest BCUT2D eigenvalue weighted by molar-refractivity contribution is -0.157. The molecule has 0 unspecified atom stereocenters. The van der Waals surface area contributed by atoms with Crippen LogP contribution in [0.4, 0.5) is 0 Å². The summed E-state index contributed by atoms with van der Waals surface area (Å²) < 4.78 is 5.62. The molecule has 0 N–H and O–H groups in total. The molecule has 2 aliphatic rings. The summed E-state index contributed by atoms with van der Waals surface area (Å²) in [6, 6.07) is 18.6. The van der Waals surface area contributed by atoms with Crippen molar-refractivity contribution in [2.75, 3.05) is 6.61 Å². The molecule has 0 bridgehead atoms. The molecule has 38 heavy (non-hydrogen) atoms. The van der Waals surface area contributed by atoms with Gasteiger partial charge in [-0.2, -0.15) is 0 Å². The minimum Gasteiger partial charge on any atom is -0.465 e. The molecule has 2 nitrogen and oxygen atoms in total. The summed E-state index contributed by atoms with van der Waals surface area (Å²) in [5.74, 6) is 2.28. The molecule has 208 valence electrons. The van der Waals surface area contributed by atoms with Gasteiger partial charge in [-0.05, 0) is 105 Å². The Morgan fingerprint density at radius 1 is 0.711 bits per heavy atom. The van der Waals surface area contributed by atoms with Crippen LogP contribution in [0.5, 0.6) is 0 Å². The van der Waals surface area contributed by atoms with E-state index in [2.05, 4.69) is 69.3 Å². The average molecular weight is 517 g/mol. The second kappa shape index (κ2) is 14.3. The highest BCUT2D eigenvalue weighted by molar-refractivity contribution is 5.76. The number of hydrogen-bond donors (Lipinski definition) is 0. The summed E-state index contributed by atoms with van der Waals surface area (Å²) >= 11 is 0. The van der Waals surface area contributed by atoms with Crippen LogP contribution in [0.25, 0.3) is 11.1 Å². The summed E-state index contributed by atoms with van der Waals surface area (Å²) in [5.41, 5.74) is 5.26. The first-order valence-electron chi connectivity index (χ1n) is 15.9. The number of carbonyl (C=O) groups excluding carboxylic acids is 1. The largest absolute Gasteiger partial charge is 0.465 e. The van der Waals surface area contributed by atoms with E-state index in [9.17, 15) is 4.79 Å². The van der Waals surface area contributed by atoms with Gasteiger partial charge in [0.05, 0.1) is 12.0 Å². The van der Waals surface area contributed by atoms with Gasteiger partial charge in [0.25, 0.3) is 0 Å². The van der Waals surface area contributed by atoms with Gasteiger partial charge in [0.15, 0.2) is 0 Å². The van der Waals surface area contributed by atoms with Crippen molar-refractivity contribution in [2.24, 2.45) is 11.3 Å². The van der Waals surface area contributed by atoms with Crippen molar-refractivity contribution < 1.29 is 9.53 Å². The molecule has 0 radical (unpaired) electrons. The van der Waals surface area contributed by atoms with Gasteiger partial charge in [0.2, 0.25) is 0 Å². The molecule has 2 fully saturated rings. The topological polar surface area (TPSA) is 26.3 Å². The van der Waals surface area contributed by atoms with Crippen molar-refractivity contribution in [1.29, 1.82) is 0 Å². The van der Waals surface area contributed by atoms with E-state index in [0.717, 1.165) is 56.8 Å². The highest BCUT2D eigenvalue weighted by Gasteiger charge is 2.39. The summed E-state index contributed by atoms with van der Waals surface area (Å²) in [5, 5.41) is 0. The maximum absolute atomic E-state index is 12.7. The summed E-state index contributed by atoms with van der Waals surface area (Å²) in [7, 11) is 0. The molecule has 0 aliphatic heterocycles. The maximum Gasteiger partial charge on any atom is 0.311 e. The van der Waals surface area contributed by atoms with E-state index in [1.165, 1.54) is 73.6 Å². The summed E-state index contributed by atoms with van der Waals surface area (Å²) in [6.45, 7) is 7.16. The van der Waals surface area contributed by atoms with Crippen molar-refractivity contribution in [2.45, 2.75) is 129 Å². The highest BCUT2D eigenvalue weighted by atomic mass is 16.5. The fourth-order valence-corrected chi connectivity index (χ4v) is 6.85. The van der Waals surface area contributed by atoms with Crippen LogP contribution >= 0.6 is 0 Å². The number of carbonyl (C=O) groups is 1. The van der Waals surface area contributed by atoms with Crippen molar-refractivity contribution in [3.05, 3.63) is 59.7 Å². The van der Waals surface area contributed by atoms with Crippen LogP contribution in [0.3, 0.4) is 0 Å². The van der Waals surface area contributed by atoms with Gasteiger partial charge in [-0.3, -0.25) is 4.79 Å². The van der Waals surface area contributed by atoms with Gasteiger partial charge in [-0.15, -0.1) is 0 Å². The Hall–Kier alpha value is -2.09. The Bertz CT molecular complexity index is 957. The quantitative estimate of drug-likeness (QED) is 0.207. The first-order valence-corrected chi connectivity index (χ1v) is 15.9. The lowest BCUT2D eigenvalue weighted by atomic mass is 9.70. The molecular weight excluding hydrogens is 464 g/mol. The minimum absolute atomic E-state index is 0.0193. The fraction of sp³-hybridized carbons (Fsp3) is 0.639. The van der Waals surface area contributed by atoms with E-state index in [-0.39, 0.29) is 11.4 Å². The molecule has 2 aliphatic carbocycles. The number of ether oxygens (including phenoxy) is 1. The molecule has 2 saturated carbocycles. The van der Waals surface area contributed by atoms with Gasteiger partial charge >= 0.3 is 5.97 Å². The third-order valence-corrected chi connectivity index (χ3v) is 9.72. The average Bonchev–Trinajstić information content (AvgIpc) is 2.96. The Balaban J connectivity index is 1.25.